The number of anilines is 2. The van der Waals surface area contributed by atoms with Crippen LogP contribution in [0.2, 0.25) is 0 Å². The van der Waals surface area contributed by atoms with E-state index in [9.17, 15) is 5.11 Å². The highest BCUT2D eigenvalue weighted by Gasteiger charge is 2.35. The maximum Gasteiger partial charge on any atom is 0.148 e. The van der Waals surface area contributed by atoms with Gasteiger partial charge in [-0.25, -0.2) is 4.68 Å². The molecule has 2 atom stereocenters. The molecule has 1 aromatic heterocycles. The highest BCUT2D eigenvalue weighted by atomic mass is 16.3. The van der Waals surface area contributed by atoms with Gasteiger partial charge in [0.05, 0.1) is 23.5 Å². The van der Waals surface area contributed by atoms with Gasteiger partial charge in [0.25, 0.3) is 0 Å². The second-order valence-electron chi connectivity index (χ2n) is 6.34. The molecule has 1 fully saturated rings. The lowest BCUT2D eigenvalue weighted by Crippen LogP contribution is -2.46. The Balaban J connectivity index is 2.27. The van der Waals surface area contributed by atoms with E-state index in [4.69, 9.17) is 5.73 Å². The van der Waals surface area contributed by atoms with Crippen LogP contribution in [0.1, 0.15) is 51.6 Å². The minimum absolute atomic E-state index is 0.146. The average Bonchev–Trinajstić information content (AvgIpc) is 2.67. The van der Waals surface area contributed by atoms with E-state index in [2.05, 4.69) is 24.3 Å². The summed E-state index contributed by atoms with van der Waals surface area (Å²) in [6, 6.07) is 0. The molecule has 20 heavy (non-hydrogen) atoms. The van der Waals surface area contributed by atoms with E-state index in [1.165, 1.54) is 6.42 Å². The minimum Gasteiger partial charge on any atom is -0.394 e. The summed E-state index contributed by atoms with van der Waals surface area (Å²) in [5.41, 5.74) is 7.50. The van der Waals surface area contributed by atoms with Crippen LogP contribution in [-0.2, 0) is 6.54 Å². The summed E-state index contributed by atoms with van der Waals surface area (Å²) < 4.78 is 1.95. The third-order valence-electron chi connectivity index (χ3n) is 4.39. The van der Waals surface area contributed by atoms with E-state index in [1.54, 1.807) is 0 Å². The summed E-state index contributed by atoms with van der Waals surface area (Å²) in [6.45, 7) is 7.30. The smallest absolute Gasteiger partial charge is 0.148 e. The molecule has 2 rings (SSSR count). The van der Waals surface area contributed by atoms with Gasteiger partial charge in [-0.15, -0.1) is 0 Å². The van der Waals surface area contributed by atoms with Gasteiger partial charge in [0.15, 0.2) is 0 Å². The van der Waals surface area contributed by atoms with Crippen LogP contribution in [0.4, 0.5) is 11.5 Å². The van der Waals surface area contributed by atoms with Crippen molar-refractivity contribution in [2.45, 2.75) is 65.0 Å². The number of nitrogens with two attached hydrogens (primary N) is 1. The lowest BCUT2D eigenvalue weighted by Gasteiger charge is -2.40. The molecule has 5 heteroatoms. The molecule has 1 aromatic rings. The van der Waals surface area contributed by atoms with Crippen molar-refractivity contribution in [1.29, 1.82) is 0 Å². The van der Waals surface area contributed by atoms with Crippen LogP contribution in [0.25, 0.3) is 0 Å². The Labute approximate surface area is 121 Å². The SMILES string of the molecule is CCCn1nc(C)c(N)c1NC1(CO)CCCC(C)C1. The number of rotatable bonds is 5. The molecule has 0 amide bonds. The first-order valence-corrected chi connectivity index (χ1v) is 7.73. The summed E-state index contributed by atoms with van der Waals surface area (Å²) in [4.78, 5) is 0. The van der Waals surface area contributed by atoms with E-state index in [0.717, 1.165) is 43.7 Å². The molecule has 1 aliphatic carbocycles. The van der Waals surface area contributed by atoms with E-state index in [0.29, 0.717) is 11.6 Å². The molecule has 0 bridgehead atoms. The van der Waals surface area contributed by atoms with Gasteiger partial charge in [0, 0.05) is 6.54 Å². The molecule has 0 saturated heterocycles. The zero-order valence-electron chi connectivity index (χ0n) is 12.9. The van der Waals surface area contributed by atoms with E-state index in [-0.39, 0.29) is 12.1 Å². The highest BCUT2D eigenvalue weighted by molar-refractivity contribution is 5.65. The molecule has 0 spiro atoms. The Hall–Kier alpha value is -1.23. The summed E-state index contributed by atoms with van der Waals surface area (Å²) in [5, 5.41) is 17.9. The summed E-state index contributed by atoms with van der Waals surface area (Å²) >= 11 is 0. The van der Waals surface area contributed by atoms with Gasteiger partial charge >= 0.3 is 0 Å². The van der Waals surface area contributed by atoms with Crippen LogP contribution in [0.15, 0.2) is 0 Å². The van der Waals surface area contributed by atoms with Gasteiger partial charge in [0.1, 0.15) is 5.82 Å². The molecular weight excluding hydrogens is 252 g/mol. The molecule has 0 aromatic carbocycles. The number of aliphatic hydroxyl groups is 1. The Bertz CT molecular complexity index is 457. The van der Waals surface area contributed by atoms with Crippen molar-refractivity contribution in [2.24, 2.45) is 5.92 Å². The minimum atomic E-state index is -0.246. The van der Waals surface area contributed by atoms with Gasteiger partial charge in [-0.1, -0.05) is 26.7 Å². The second-order valence-corrected chi connectivity index (χ2v) is 6.34. The van der Waals surface area contributed by atoms with Crippen molar-refractivity contribution >= 4 is 11.5 Å². The zero-order valence-corrected chi connectivity index (χ0v) is 12.9. The van der Waals surface area contributed by atoms with E-state index in [1.807, 2.05) is 11.6 Å². The molecule has 2 unspecified atom stereocenters. The van der Waals surface area contributed by atoms with Crippen LogP contribution in [0, 0.1) is 12.8 Å². The van der Waals surface area contributed by atoms with Crippen LogP contribution in [0.5, 0.6) is 0 Å². The van der Waals surface area contributed by atoms with Crippen LogP contribution in [-0.4, -0.2) is 27.0 Å². The third-order valence-corrected chi connectivity index (χ3v) is 4.39. The Morgan fingerprint density at radius 3 is 2.90 bits per heavy atom. The summed E-state index contributed by atoms with van der Waals surface area (Å²) in [5.74, 6) is 1.51. The van der Waals surface area contributed by atoms with Crippen molar-refractivity contribution in [2.75, 3.05) is 17.7 Å². The molecular formula is C15H28N4O. The number of hydrogen-bond donors (Lipinski definition) is 3. The van der Waals surface area contributed by atoms with E-state index >= 15 is 0 Å². The van der Waals surface area contributed by atoms with Crippen LogP contribution >= 0.6 is 0 Å². The van der Waals surface area contributed by atoms with Crippen molar-refractivity contribution in [1.82, 2.24) is 9.78 Å². The Morgan fingerprint density at radius 2 is 2.30 bits per heavy atom. The third kappa shape index (κ3) is 2.92. The van der Waals surface area contributed by atoms with Gasteiger partial charge in [-0.05, 0) is 32.1 Å². The lowest BCUT2D eigenvalue weighted by atomic mass is 9.77. The zero-order chi connectivity index (χ0) is 14.8. The van der Waals surface area contributed by atoms with Crippen LogP contribution < -0.4 is 11.1 Å². The lowest BCUT2D eigenvalue weighted by molar-refractivity contribution is 0.149. The van der Waals surface area contributed by atoms with Crippen molar-refractivity contribution in [3.63, 3.8) is 0 Å². The number of aliphatic hydroxyl groups excluding tert-OH is 1. The maximum atomic E-state index is 9.91. The van der Waals surface area contributed by atoms with E-state index < -0.39 is 0 Å². The Kier molecular flexibility index (Phi) is 4.58. The molecule has 0 aliphatic heterocycles. The standard InChI is InChI=1S/C15H28N4O/c1-4-8-19-14(13(16)12(3)18-19)17-15(10-20)7-5-6-11(2)9-15/h11,17,20H,4-10,16H2,1-3H3. The first-order chi connectivity index (χ1) is 9.51. The van der Waals surface area contributed by atoms with Crippen LogP contribution in [0.3, 0.4) is 0 Å². The van der Waals surface area contributed by atoms with Gasteiger partial charge in [-0.2, -0.15) is 5.10 Å². The quantitative estimate of drug-likeness (QED) is 0.774. The number of aryl methyl sites for hydroxylation is 2. The molecule has 0 radical (unpaired) electrons. The average molecular weight is 280 g/mol. The fourth-order valence-corrected chi connectivity index (χ4v) is 3.31. The molecule has 4 N–H and O–H groups in total. The monoisotopic (exact) mass is 280 g/mol. The summed E-state index contributed by atoms with van der Waals surface area (Å²) in [7, 11) is 0. The topological polar surface area (TPSA) is 76.1 Å². The normalized spacial score (nSPS) is 26.7. The molecule has 5 nitrogen and oxygen atoms in total. The predicted molar refractivity (Wildman–Crippen MR) is 82.7 cm³/mol. The summed E-state index contributed by atoms with van der Waals surface area (Å²) in [6.07, 6.45) is 5.38. The second kappa shape index (κ2) is 6.04. The number of nitrogens with zero attached hydrogens (tertiary/aromatic N) is 2. The van der Waals surface area contributed by atoms with Gasteiger partial charge < -0.3 is 16.2 Å². The fraction of sp³-hybridized carbons (Fsp3) is 0.800. The molecule has 1 heterocycles. The number of nitrogens with one attached hydrogen (secondary N) is 1. The molecule has 1 aliphatic rings. The van der Waals surface area contributed by atoms with Crippen molar-refractivity contribution in [3.05, 3.63) is 5.69 Å². The largest absolute Gasteiger partial charge is 0.394 e. The first kappa shape index (κ1) is 15.2. The predicted octanol–water partition coefficient (Wildman–Crippen LogP) is 2.54. The maximum absolute atomic E-state index is 9.91. The van der Waals surface area contributed by atoms with Crippen molar-refractivity contribution in [3.8, 4) is 0 Å². The fourth-order valence-electron chi connectivity index (χ4n) is 3.31. The number of hydrogen-bond acceptors (Lipinski definition) is 4. The molecule has 1 saturated carbocycles. The van der Waals surface area contributed by atoms with Gasteiger partial charge in [0.2, 0.25) is 0 Å². The van der Waals surface area contributed by atoms with Gasteiger partial charge in [-0.3, -0.25) is 0 Å². The highest BCUT2D eigenvalue weighted by Crippen LogP contribution is 2.36. The first-order valence-electron chi connectivity index (χ1n) is 7.73. The number of nitrogen functional groups attached to an aromatic ring is 1. The molecule has 114 valence electrons. The number of aromatic nitrogens is 2. The van der Waals surface area contributed by atoms with Crippen molar-refractivity contribution < 1.29 is 5.11 Å². The Morgan fingerprint density at radius 1 is 1.55 bits per heavy atom.